The van der Waals surface area contributed by atoms with Crippen molar-refractivity contribution in [3.8, 4) is 11.3 Å². The first-order valence-corrected chi connectivity index (χ1v) is 8.55. The standard InChI is InChI=1S/C18H14F4N4S/c1-10-2-3-11(19)8-13(10)17-14(18(20,21)22)4-5-16(25-17)26-27-12-6-7-24-15(23)9-12/h2-9H,1H3,(H2,23,24)(H,25,26). The maximum absolute atomic E-state index is 13.6. The number of alkyl halides is 3. The van der Waals surface area contributed by atoms with Crippen molar-refractivity contribution >= 4 is 23.6 Å². The van der Waals surface area contributed by atoms with Gasteiger partial charge >= 0.3 is 6.18 Å². The molecule has 0 spiro atoms. The maximum Gasteiger partial charge on any atom is 0.418 e. The summed E-state index contributed by atoms with van der Waals surface area (Å²) >= 11 is 1.12. The van der Waals surface area contributed by atoms with Crippen LogP contribution in [-0.4, -0.2) is 9.97 Å². The number of rotatable bonds is 4. The molecule has 4 nitrogen and oxygen atoms in total. The number of nitrogen functional groups attached to an aromatic ring is 1. The number of hydrogen-bond donors (Lipinski definition) is 2. The summed E-state index contributed by atoms with van der Waals surface area (Å²) in [6.07, 6.45) is -3.10. The van der Waals surface area contributed by atoms with Crippen molar-refractivity contribution in [3.63, 3.8) is 0 Å². The Hall–Kier alpha value is -2.81. The first-order valence-electron chi connectivity index (χ1n) is 7.73. The van der Waals surface area contributed by atoms with E-state index in [4.69, 9.17) is 5.73 Å². The molecule has 0 saturated carbocycles. The van der Waals surface area contributed by atoms with Gasteiger partial charge < -0.3 is 10.5 Å². The van der Waals surface area contributed by atoms with E-state index in [1.807, 2.05) is 0 Å². The zero-order valence-corrected chi connectivity index (χ0v) is 14.8. The van der Waals surface area contributed by atoms with Gasteiger partial charge in [0.05, 0.1) is 11.3 Å². The number of aromatic nitrogens is 2. The first-order chi connectivity index (χ1) is 12.7. The molecule has 1 aromatic carbocycles. The van der Waals surface area contributed by atoms with Crippen LogP contribution >= 0.6 is 11.9 Å². The van der Waals surface area contributed by atoms with Crippen molar-refractivity contribution in [2.75, 3.05) is 10.5 Å². The van der Waals surface area contributed by atoms with E-state index in [1.54, 1.807) is 19.1 Å². The van der Waals surface area contributed by atoms with Crippen molar-refractivity contribution in [2.24, 2.45) is 0 Å². The summed E-state index contributed by atoms with van der Waals surface area (Å²) in [6.45, 7) is 1.60. The normalized spacial score (nSPS) is 11.4. The lowest BCUT2D eigenvalue weighted by atomic mass is 10.0. The molecule has 3 aromatic rings. The van der Waals surface area contributed by atoms with E-state index >= 15 is 0 Å². The minimum Gasteiger partial charge on any atom is -0.384 e. The molecule has 27 heavy (non-hydrogen) atoms. The third-order valence-corrected chi connectivity index (χ3v) is 4.48. The minimum absolute atomic E-state index is 0.0872. The van der Waals surface area contributed by atoms with Gasteiger partial charge in [-0.25, -0.2) is 14.4 Å². The van der Waals surface area contributed by atoms with Crippen LogP contribution in [0.25, 0.3) is 11.3 Å². The van der Waals surface area contributed by atoms with Crippen LogP contribution in [0.4, 0.5) is 29.2 Å². The molecule has 0 amide bonds. The van der Waals surface area contributed by atoms with Crippen LogP contribution in [0.5, 0.6) is 0 Å². The Bertz CT molecular complexity index is 976. The molecular weight excluding hydrogens is 380 g/mol. The number of nitrogens with zero attached hydrogens (tertiary/aromatic N) is 2. The molecule has 0 radical (unpaired) electrons. The molecule has 0 aliphatic carbocycles. The molecular formula is C18H14F4N4S. The zero-order chi connectivity index (χ0) is 19.6. The maximum atomic E-state index is 13.6. The number of hydrogen-bond acceptors (Lipinski definition) is 5. The highest BCUT2D eigenvalue weighted by molar-refractivity contribution is 8.00. The fraction of sp³-hybridized carbons (Fsp3) is 0.111. The second kappa shape index (κ2) is 7.43. The van der Waals surface area contributed by atoms with E-state index in [0.717, 1.165) is 24.1 Å². The van der Waals surface area contributed by atoms with Crippen molar-refractivity contribution in [1.29, 1.82) is 0 Å². The number of halogens is 4. The Morgan fingerprint density at radius 2 is 1.85 bits per heavy atom. The first kappa shape index (κ1) is 19.0. The zero-order valence-electron chi connectivity index (χ0n) is 14.0. The summed E-state index contributed by atoms with van der Waals surface area (Å²) < 4.78 is 56.7. The Balaban J connectivity index is 1.99. The molecule has 3 rings (SSSR count). The molecule has 0 unspecified atom stereocenters. The molecule has 2 heterocycles. The summed E-state index contributed by atoms with van der Waals surface area (Å²) in [5.74, 6) is -0.120. The topological polar surface area (TPSA) is 63.8 Å². The highest BCUT2D eigenvalue weighted by atomic mass is 32.2. The second-order valence-electron chi connectivity index (χ2n) is 5.67. The van der Waals surface area contributed by atoms with E-state index in [0.29, 0.717) is 16.3 Å². The van der Waals surface area contributed by atoms with Gasteiger partial charge in [-0.15, -0.1) is 0 Å². The smallest absolute Gasteiger partial charge is 0.384 e. The van der Waals surface area contributed by atoms with E-state index < -0.39 is 17.6 Å². The average Bonchev–Trinajstić information content (AvgIpc) is 2.61. The van der Waals surface area contributed by atoms with Crippen molar-refractivity contribution in [3.05, 3.63) is 65.6 Å². The van der Waals surface area contributed by atoms with Crippen LogP contribution in [0.2, 0.25) is 0 Å². The van der Waals surface area contributed by atoms with Crippen LogP contribution in [-0.2, 0) is 6.18 Å². The third-order valence-electron chi connectivity index (χ3n) is 3.68. The Morgan fingerprint density at radius 3 is 2.56 bits per heavy atom. The lowest BCUT2D eigenvalue weighted by molar-refractivity contribution is -0.137. The van der Waals surface area contributed by atoms with Gasteiger partial charge in [-0.05, 0) is 60.8 Å². The Labute approximate surface area is 157 Å². The number of benzene rings is 1. The van der Waals surface area contributed by atoms with Crippen LogP contribution < -0.4 is 10.5 Å². The summed E-state index contributed by atoms with van der Waals surface area (Å²) in [6, 6.07) is 9.11. The number of nitrogens with one attached hydrogen (secondary N) is 1. The molecule has 0 aliphatic heterocycles. The molecule has 9 heteroatoms. The highest BCUT2D eigenvalue weighted by Gasteiger charge is 2.35. The summed E-state index contributed by atoms with van der Waals surface area (Å²) in [7, 11) is 0. The largest absolute Gasteiger partial charge is 0.418 e. The summed E-state index contributed by atoms with van der Waals surface area (Å²) in [5, 5.41) is 0. The fourth-order valence-corrected chi connectivity index (χ4v) is 3.05. The van der Waals surface area contributed by atoms with Gasteiger partial charge in [0.25, 0.3) is 0 Å². The molecule has 140 valence electrons. The molecule has 0 saturated heterocycles. The van der Waals surface area contributed by atoms with Crippen LogP contribution in [0.1, 0.15) is 11.1 Å². The van der Waals surface area contributed by atoms with Crippen LogP contribution in [0.15, 0.2) is 53.6 Å². The quantitative estimate of drug-likeness (QED) is 0.464. The molecule has 0 atom stereocenters. The van der Waals surface area contributed by atoms with Crippen molar-refractivity contribution < 1.29 is 17.6 Å². The minimum atomic E-state index is -4.62. The average molecular weight is 394 g/mol. The Kier molecular flexibility index (Phi) is 5.22. The molecule has 3 N–H and O–H groups in total. The summed E-state index contributed by atoms with van der Waals surface area (Å²) in [5.41, 5.74) is 4.91. The SMILES string of the molecule is Cc1ccc(F)cc1-c1nc(NSc2ccnc(N)c2)ccc1C(F)(F)F. The molecule has 0 fully saturated rings. The molecule has 2 aromatic heterocycles. The molecule has 0 bridgehead atoms. The Morgan fingerprint density at radius 1 is 1.07 bits per heavy atom. The summed E-state index contributed by atoms with van der Waals surface area (Å²) in [4.78, 5) is 8.66. The van der Waals surface area contributed by atoms with E-state index in [1.165, 1.54) is 24.4 Å². The van der Waals surface area contributed by atoms with Gasteiger partial charge in [-0.3, -0.25) is 0 Å². The lowest BCUT2D eigenvalue weighted by Crippen LogP contribution is -2.10. The second-order valence-corrected chi connectivity index (χ2v) is 6.55. The van der Waals surface area contributed by atoms with Gasteiger partial charge in [-0.2, -0.15) is 13.2 Å². The predicted molar refractivity (Wildman–Crippen MR) is 97.5 cm³/mol. The number of nitrogens with two attached hydrogens (primary N) is 1. The van der Waals surface area contributed by atoms with Crippen molar-refractivity contribution in [1.82, 2.24) is 9.97 Å². The van der Waals surface area contributed by atoms with Crippen LogP contribution in [0, 0.1) is 12.7 Å². The van der Waals surface area contributed by atoms with Gasteiger partial charge in [0.15, 0.2) is 0 Å². The van der Waals surface area contributed by atoms with E-state index in [-0.39, 0.29) is 17.1 Å². The van der Waals surface area contributed by atoms with E-state index in [9.17, 15) is 17.6 Å². The van der Waals surface area contributed by atoms with Gasteiger partial charge in [0.2, 0.25) is 0 Å². The van der Waals surface area contributed by atoms with Crippen molar-refractivity contribution in [2.45, 2.75) is 18.0 Å². The van der Waals surface area contributed by atoms with Gasteiger partial charge in [0, 0.05) is 16.7 Å². The van der Waals surface area contributed by atoms with E-state index in [2.05, 4.69) is 14.7 Å². The third kappa shape index (κ3) is 4.48. The fourth-order valence-electron chi connectivity index (χ4n) is 2.40. The van der Waals surface area contributed by atoms with Gasteiger partial charge in [0.1, 0.15) is 17.5 Å². The van der Waals surface area contributed by atoms with Crippen LogP contribution in [0.3, 0.4) is 0 Å². The van der Waals surface area contributed by atoms with Gasteiger partial charge in [-0.1, -0.05) is 6.07 Å². The number of aryl methyl sites for hydroxylation is 1. The molecule has 0 aliphatic rings. The number of anilines is 2. The number of pyridine rings is 2. The lowest BCUT2D eigenvalue weighted by Gasteiger charge is -2.15. The highest BCUT2D eigenvalue weighted by Crippen LogP contribution is 2.38. The predicted octanol–water partition coefficient (Wildman–Crippen LogP) is 5.31. The monoisotopic (exact) mass is 394 g/mol.